The number of carbonyl (C=O) groups excluding carboxylic acids is 1. The molecule has 3 rings (SSSR count). The fourth-order valence-corrected chi connectivity index (χ4v) is 3.54. The molecule has 0 aliphatic carbocycles. The molecule has 0 radical (unpaired) electrons. The van der Waals surface area contributed by atoms with Gasteiger partial charge in [-0.15, -0.1) is 0 Å². The maximum atomic E-state index is 12.8. The SMILES string of the molecule is CCN(C(=O)c1ccncc1)[C@H]1CCN([C@H](C)c2ccccc2)C1. The molecule has 1 fully saturated rings. The molecule has 24 heavy (non-hydrogen) atoms. The van der Waals surface area contributed by atoms with Crippen molar-refractivity contribution < 1.29 is 4.79 Å². The highest BCUT2D eigenvalue weighted by atomic mass is 16.2. The monoisotopic (exact) mass is 323 g/mol. The molecule has 0 unspecified atom stereocenters. The second-order valence-corrected chi connectivity index (χ2v) is 6.35. The highest BCUT2D eigenvalue weighted by Crippen LogP contribution is 2.27. The molecule has 126 valence electrons. The van der Waals surface area contributed by atoms with E-state index in [4.69, 9.17) is 0 Å². The molecule has 4 nitrogen and oxygen atoms in total. The lowest BCUT2D eigenvalue weighted by atomic mass is 10.1. The lowest BCUT2D eigenvalue weighted by molar-refractivity contribution is 0.0689. The lowest BCUT2D eigenvalue weighted by Gasteiger charge is -2.30. The van der Waals surface area contributed by atoms with Crippen molar-refractivity contribution in [3.05, 3.63) is 66.0 Å². The summed E-state index contributed by atoms with van der Waals surface area (Å²) in [6.45, 7) is 7.00. The van der Waals surface area contributed by atoms with Crippen LogP contribution in [0.5, 0.6) is 0 Å². The largest absolute Gasteiger partial charge is 0.335 e. The van der Waals surface area contributed by atoms with Crippen LogP contribution in [-0.4, -0.2) is 46.4 Å². The molecule has 0 bridgehead atoms. The van der Waals surface area contributed by atoms with Gasteiger partial charge in [0, 0.05) is 49.7 Å². The zero-order valence-electron chi connectivity index (χ0n) is 14.4. The standard InChI is InChI=1S/C20H25N3O/c1-3-23(20(24)18-9-12-21-13-10-18)19-11-14-22(15-19)16(2)17-7-5-4-6-8-17/h4-10,12-13,16,19H,3,11,14-15H2,1-2H3/t16-,19+/m1/s1. The maximum absolute atomic E-state index is 12.8. The molecular formula is C20H25N3O. The lowest BCUT2D eigenvalue weighted by Crippen LogP contribution is -2.42. The van der Waals surface area contributed by atoms with Crippen LogP contribution in [-0.2, 0) is 0 Å². The number of likely N-dealkylation sites (tertiary alicyclic amines) is 1. The summed E-state index contributed by atoms with van der Waals surface area (Å²) in [5.41, 5.74) is 2.06. The van der Waals surface area contributed by atoms with Gasteiger partial charge in [-0.3, -0.25) is 14.7 Å². The average Bonchev–Trinajstić information content (AvgIpc) is 3.13. The summed E-state index contributed by atoms with van der Waals surface area (Å²) in [4.78, 5) is 21.3. The third-order valence-corrected chi connectivity index (χ3v) is 4.99. The zero-order valence-corrected chi connectivity index (χ0v) is 14.4. The Bertz CT molecular complexity index is 659. The van der Waals surface area contributed by atoms with E-state index in [0.29, 0.717) is 6.04 Å². The average molecular weight is 323 g/mol. The Labute approximate surface area is 144 Å². The van der Waals surface area contributed by atoms with Crippen LogP contribution in [0.25, 0.3) is 0 Å². The normalized spacial score (nSPS) is 19.2. The first-order valence-corrected chi connectivity index (χ1v) is 8.70. The maximum Gasteiger partial charge on any atom is 0.254 e. The number of hydrogen-bond donors (Lipinski definition) is 0. The first kappa shape index (κ1) is 16.7. The van der Waals surface area contributed by atoms with Gasteiger partial charge in [0.2, 0.25) is 0 Å². The Morgan fingerprint density at radius 3 is 2.62 bits per heavy atom. The Balaban J connectivity index is 1.68. The fraction of sp³-hybridized carbons (Fsp3) is 0.400. The molecule has 0 N–H and O–H groups in total. The van der Waals surface area contributed by atoms with E-state index in [-0.39, 0.29) is 11.9 Å². The quantitative estimate of drug-likeness (QED) is 0.846. The minimum atomic E-state index is 0.110. The Morgan fingerprint density at radius 1 is 1.25 bits per heavy atom. The Hall–Kier alpha value is -2.20. The van der Waals surface area contributed by atoms with Gasteiger partial charge in [0.25, 0.3) is 5.91 Å². The van der Waals surface area contributed by atoms with Gasteiger partial charge in [0.05, 0.1) is 0 Å². The van der Waals surface area contributed by atoms with Crippen LogP contribution in [0.2, 0.25) is 0 Å². The van der Waals surface area contributed by atoms with E-state index in [1.807, 2.05) is 4.90 Å². The number of likely N-dealkylation sites (N-methyl/N-ethyl adjacent to an activating group) is 1. The van der Waals surface area contributed by atoms with Gasteiger partial charge in [0.15, 0.2) is 0 Å². The third kappa shape index (κ3) is 3.49. The Kier molecular flexibility index (Phi) is 5.26. The zero-order chi connectivity index (χ0) is 16.9. The van der Waals surface area contributed by atoms with Crippen molar-refractivity contribution in [2.75, 3.05) is 19.6 Å². The van der Waals surface area contributed by atoms with Gasteiger partial charge >= 0.3 is 0 Å². The van der Waals surface area contributed by atoms with Crippen LogP contribution < -0.4 is 0 Å². The van der Waals surface area contributed by atoms with Crippen molar-refractivity contribution in [1.82, 2.24) is 14.8 Å². The van der Waals surface area contributed by atoms with Crippen molar-refractivity contribution in [2.45, 2.75) is 32.4 Å². The molecule has 2 atom stereocenters. The third-order valence-electron chi connectivity index (χ3n) is 4.99. The molecule has 1 aromatic carbocycles. The van der Waals surface area contributed by atoms with E-state index in [1.54, 1.807) is 24.5 Å². The van der Waals surface area contributed by atoms with Crippen molar-refractivity contribution in [3.8, 4) is 0 Å². The van der Waals surface area contributed by atoms with Gasteiger partial charge < -0.3 is 4.90 Å². The van der Waals surface area contributed by atoms with Crippen LogP contribution in [0.15, 0.2) is 54.9 Å². The highest BCUT2D eigenvalue weighted by molar-refractivity contribution is 5.94. The summed E-state index contributed by atoms with van der Waals surface area (Å²) >= 11 is 0. The van der Waals surface area contributed by atoms with Gasteiger partial charge in [-0.25, -0.2) is 0 Å². The molecule has 2 aromatic rings. The van der Waals surface area contributed by atoms with Crippen LogP contribution in [0.4, 0.5) is 0 Å². The number of amides is 1. The molecule has 0 saturated carbocycles. The number of nitrogens with zero attached hydrogens (tertiary/aromatic N) is 3. The first-order valence-electron chi connectivity index (χ1n) is 8.70. The molecule has 4 heteroatoms. The number of pyridine rings is 1. The summed E-state index contributed by atoms with van der Waals surface area (Å²) in [6, 6.07) is 14.8. The molecule has 1 saturated heterocycles. The van der Waals surface area contributed by atoms with Crippen LogP contribution in [0.3, 0.4) is 0 Å². The van der Waals surface area contributed by atoms with Gasteiger partial charge in [-0.1, -0.05) is 30.3 Å². The van der Waals surface area contributed by atoms with E-state index in [0.717, 1.165) is 31.6 Å². The number of carbonyl (C=O) groups is 1. The summed E-state index contributed by atoms with van der Waals surface area (Å²) in [5.74, 6) is 0.110. The van der Waals surface area contributed by atoms with E-state index in [2.05, 4.69) is 54.1 Å². The molecule has 0 spiro atoms. The Morgan fingerprint density at radius 2 is 1.96 bits per heavy atom. The smallest absolute Gasteiger partial charge is 0.254 e. The second-order valence-electron chi connectivity index (χ2n) is 6.35. The second kappa shape index (κ2) is 7.58. The molecule has 1 aliphatic heterocycles. The topological polar surface area (TPSA) is 36.4 Å². The fourth-order valence-electron chi connectivity index (χ4n) is 3.54. The highest BCUT2D eigenvalue weighted by Gasteiger charge is 2.32. The van der Waals surface area contributed by atoms with E-state index in [1.165, 1.54) is 5.56 Å². The first-order chi connectivity index (χ1) is 11.7. The predicted molar refractivity (Wildman–Crippen MR) is 95.8 cm³/mol. The summed E-state index contributed by atoms with van der Waals surface area (Å²) < 4.78 is 0. The number of benzene rings is 1. The molecule has 2 heterocycles. The summed E-state index contributed by atoms with van der Waals surface area (Å²) in [6.07, 6.45) is 4.39. The molecule has 1 aliphatic rings. The molecular weight excluding hydrogens is 298 g/mol. The number of rotatable bonds is 5. The molecule has 1 amide bonds. The van der Waals surface area contributed by atoms with Crippen molar-refractivity contribution in [3.63, 3.8) is 0 Å². The summed E-state index contributed by atoms with van der Waals surface area (Å²) in [5, 5.41) is 0. The van der Waals surface area contributed by atoms with Crippen molar-refractivity contribution in [1.29, 1.82) is 0 Å². The van der Waals surface area contributed by atoms with Crippen LogP contribution in [0.1, 0.15) is 42.2 Å². The van der Waals surface area contributed by atoms with Crippen LogP contribution in [0, 0.1) is 0 Å². The van der Waals surface area contributed by atoms with Crippen molar-refractivity contribution in [2.24, 2.45) is 0 Å². The van der Waals surface area contributed by atoms with E-state index < -0.39 is 0 Å². The van der Waals surface area contributed by atoms with Gasteiger partial charge in [-0.05, 0) is 38.0 Å². The van der Waals surface area contributed by atoms with E-state index in [9.17, 15) is 4.79 Å². The van der Waals surface area contributed by atoms with Gasteiger partial charge in [0.1, 0.15) is 0 Å². The minimum Gasteiger partial charge on any atom is -0.335 e. The minimum absolute atomic E-state index is 0.110. The van der Waals surface area contributed by atoms with Crippen molar-refractivity contribution >= 4 is 5.91 Å². The number of aromatic nitrogens is 1. The van der Waals surface area contributed by atoms with Crippen LogP contribution >= 0.6 is 0 Å². The predicted octanol–water partition coefficient (Wildman–Crippen LogP) is 3.38. The molecule has 1 aromatic heterocycles. The van der Waals surface area contributed by atoms with E-state index >= 15 is 0 Å². The summed E-state index contributed by atoms with van der Waals surface area (Å²) in [7, 11) is 0. The number of hydrogen-bond acceptors (Lipinski definition) is 3. The van der Waals surface area contributed by atoms with Gasteiger partial charge in [-0.2, -0.15) is 0 Å².